The van der Waals surface area contributed by atoms with Crippen LogP contribution in [0.1, 0.15) is 13.8 Å². The molecule has 0 atom stereocenters. The first-order chi connectivity index (χ1) is 11.5. The van der Waals surface area contributed by atoms with E-state index in [0.29, 0.717) is 16.4 Å². The van der Waals surface area contributed by atoms with Crippen LogP contribution in [0.4, 0.5) is 4.39 Å². The molecule has 1 aromatic carbocycles. The number of thioether (sulfide) groups is 1. The fraction of sp³-hybridized carbons (Fsp3) is 0.250. The van der Waals surface area contributed by atoms with Crippen LogP contribution in [0.3, 0.4) is 0 Å². The molecule has 0 saturated carbocycles. The Balaban J connectivity index is 1.86. The molecule has 2 aromatic heterocycles. The second-order valence-corrected chi connectivity index (χ2v) is 6.24. The number of aromatic nitrogens is 4. The molecular formula is C16H15FN4O2S. The number of carbonyl (C=O) groups excluding carboxylic acids is 1. The third kappa shape index (κ3) is 3.53. The molecule has 3 rings (SSSR count). The molecule has 3 aromatic rings. The van der Waals surface area contributed by atoms with Gasteiger partial charge in [-0.25, -0.2) is 19.0 Å². The smallest absolute Gasteiger partial charge is 0.316 e. The number of rotatable bonds is 5. The Morgan fingerprint density at radius 1 is 1.29 bits per heavy atom. The van der Waals surface area contributed by atoms with Crippen LogP contribution in [0.2, 0.25) is 0 Å². The summed E-state index contributed by atoms with van der Waals surface area (Å²) in [5.74, 6) is -0.455. The Labute approximate surface area is 142 Å². The van der Waals surface area contributed by atoms with Crippen molar-refractivity contribution in [3.63, 3.8) is 0 Å². The third-order valence-electron chi connectivity index (χ3n) is 3.09. The minimum Gasteiger partial charge on any atom is -0.462 e. The molecule has 0 unspecified atom stereocenters. The van der Waals surface area contributed by atoms with Gasteiger partial charge in [-0.15, -0.1) is 0 Å². The van der Waals surface area contributed by atoms with Crippen molar-refractivity contribution in [2.24, 2.45) is 0 Å². The van der Waals surface area contributed by atoms with E-state index in [4.69, 9.17) is 4.74 Å². The van der Waals surface area contributed by atoms with E-state index in [9.17, 15) is 9.18 Å². The first-order valence-electron chi connectivity index (χ1n) is 7.31. The second kappa shape index (κ2) is 6.96. The van der Waals surface area contributed by atoms with Crippen molar-refractivity contribution in [3.8, 4) is 5.69 Å². The molecule has 0 N–H and O–H groups in total. The van der Waals surface area contributed by atoms with Crippen LogP contribution in [0.25, 0.3) is 16.7 Å². The number of benzene rings is 1. The fourth-order valence-electron chi connectivity index (χ4n) is 2.13. The van der Waals surface area contributed by atoms with Gasteiger partial charge < -0.3 is 4.74 Å². The van der Waals surface area contributed by atoms with Crippen molar-refractivity contribution >= 4 is 28.8 Å². The summed E-state index contributed by atoms with van der Waals surface area (Å²) in [6, 6.07) is 5.97. The van der Waals surface area contributed by atoms with E-state index in [1.165, 1.54) is 30.2 Å². The predicted octanol–water partition coefficient (Wildman–Crippen LogP) is 3.00. The van der Waals surface area contributed by atoms with E-state index in [2.05, 4.69) is 15.1 Å². The first kappa shape index (κ1) is 16.4. The molecule has 0 aliphatic heterocycles. The van der Waals surface area contributed by atoms with Gasteiger partial charge in [0.25, 0.3) is 0 Å². The highest BCUT2D eigenvalue weighted by molar-refractivity contribution is 8.00. The zero-order valence-corrected chi connectivity index (χ0v) is 14.0. The minimum absolute atomic E-state index is 0.148. The average Bonchev–Trinajstić information content (AvgIpc) is 2.97. The predicted molar refractivity (Wildman–Crippen MR) is 88.6 cm³/mol. The highest BCUT2D eigenvalue weighted by Gasteiger charge is 2.14. The Bertz CT molecular complexity index is 864. The number of hydrogen-bond donors (Lipinski definition) is 0. The maximum atomic E-state index is 13.1. The molecule has 0 fully saturated rings. The fourth-order valence-corrected chi connectivity index (χ4v) is 2.88. The van der Waals surface area contributed by atoms with Crippen molar-refractivity contribution < 1.29 is 13.9 Å². The lowest BCUT2D eigenvalue weighted by Gasteiger charge is -2.07. The molecule has 24 heavy (non-hydrogen) atoms. The normalized spacial score (nSPS) is 11.2. The molecule has 0 saturated heterocycles. The number of carbonyl (C=O) groups is 1. The Hall–Kier alpha value is -2.48. The Morgan fingerprint density at radius 3 is 2.75 bits per heavy atom. The summed E-state index contributed by atoms with van der Waals surface area (Å²) in [5, 5.41) is 5.67. The van der Waals surface area contributed by atoms with Crippen molar-refractivity contribution in [3.05, 3.63) is 42.6 Å². The zero-order chi connectivity index (χ0) is 17.1. The Morgan fingerprint density at radius 2 is 2.04 bits per heavy atom. The minimum atomic E-state index is -0.315. The molecule has 0 spiro atoms. The summed E-state index contributed by atoms with van der Waals surface area (Å²) in [7, 11) is 0. The monoisotopic (exact) mass is 346 g/mol. The van der Waals surface area contributed by atoms with Gasteiger partial charge in [0, 0.05) is 0 Å². The molecule has 124 valence electrons. The number of hydrogen-bond acceptors (Lipinski definition) is 6. The van der Waals surface area contributed by atoms with Gasteiger partial charge in [-0.3, -0.25) is 4.79 Å². The van der Waals surface area contributed by atoms with Crippen LogP contribution in [-0.4, -0.2) is 37.6 Å². The zero-order valence-electron chi connectivity index (χ0n) is 13.1. The SMILES string of the molecule is CC(C)OC(=O)CSc1ncnc2c1cnn2-c1ccc(F)cc1. The average molecular weight is 346 g/mol. The summed E-state index contributed by atoms with van der Waals surface area (Å²) < 4.78 is 19.8. The van der Waals surface area contributed by atoms with E-state index >= 15 is 0 Å². The van der Waals surface area contributed by atoms with Crippen molar-refractivity contribution in [1.82, 2.24) is 19.7 Å². The number of esters is 1. The van der Waals surface area contributed by atoms with Gasteiger partial charge in [-0.05, 0) is 38.1 Å². The van der Waals surface area contributed by atoms with E-state index < -0.39 is 0 Å². The van der Waals surface area contributed by atoms with Crippen LogP contribution in [0.5, 0.6) is 0 Å². The van der Waals surface area contributed by atoms with Crippen molar-refractivity contribution in [2.75, 3.05) is 5.75 Å². The summed E-state index contributed by atoms with van der Waals surface area (Å²) in [6.45, 7) is 3.61. The first-order valence-corrected chi connectivity index (χ1v) is 8.30. The quantitative estimate of drug-likeness (QED) is 0.402. The standard InChI is InChI=1S/C16H15FN4O2S/c1-10(2)23-14(22)8-24-16-13-7-20-21(15(13)18-9-19-16)12-5-3-11(17)4-6-12/h3-7,9-10H,8H2,1-2H3. The highest BCUT2D eigenvalue weighted by Crippen LogP contribution is 2.26. The van der Waals surface area contributed by atoms with E-state index in [1.54, 1.807) is 36.9 Å². The summed E-state index contributed by atoms with van der Waals surface area (Å²) in [5.41, 5.74) is 1.29. The topological polar surface area (TPSA) is 69.9 Å². The maximum Gasteiger partial charge on any atom is 0.316 e. The molecule has 8 heteroatoms. The van der Waals surface area contributed by atoms with Crippen molar-refractivity contribution in [2.45, 2.75) is 25.0 Å². The molecule has 0 amide bonds. The van der Waals surface area contributed by atoms with Crippen LogP contribution >= 0.6 is 11.8 Å². The van der Waals surface area contributed by atoms with Gasteiger partial charge >= 0.3 is 5.97 Å². The van der Waals surface area contributed by atoms with Crippen molar-refractivity contribution in [1.29, 1.82) is 0 Å². The van der Waals surface area contributed by atoms with E-state index in [0.717, 1.165) is 5.39 Å². The Kier molecular flexibility index (Phi) is 4.75. The van der Waals surface area contributed by atoms with E-state index in [-0.39, 0.29) is 23.6 Å². The third-order valence-corrected chi connectivity index (χ3v) is 4.07. The largest absolute Gasteiger partial charge is 0.462 e. The number of nitrogens with zero attached hydrogens (tertiary/aromatic N) is 4. The van der Waals surface area contributed by atoms with Crippen LogP contribution in [0.15, 0.2) is 41.8 Å². The summed E-state index contributed by atoms with van der Waals surface area (Å²) in [6.07, 6.45) is 2.90. The summed E-state index contributed by atoms with van der Waals surface area (Å²) in [4.78, 5) is 20.1. The molecule has 6 nitrogen and oxygen atoms in total. The van der Waals surface area contributed by atoms with Crippen LogP contribution in [-0.2, 0) is 9.53 Å². The molecule has 0 bridgehead atoms. The number of ether oxygens (including phenoxy) is 1. The van der Waals surface area contributed by atoms with Crippen LogP contribution < -0.4 is 0 Å². The number of fused-ring (bicyclic) bond motifs is 1. The lowest BCUT2D eigenvalue weighted by molar-refractivity contribution is -0.144. The van der Waals surface area contributed by atoms with Gasteiger partial charge in [0.1, 0.15) is 17.2 Å². The molecular weight excluding hydrogens is 331 g/mol. The molecule has 0 aliphatic carbocycles. The van der Waals surface area contributed by atoms with Crippen LogP contribution in [0, 0.1) is 5.82 Å². The molecule has 0 radical (unpaired) electrons. The van der Waals surface area contributed by atoms with Gasteiger partial charge in [0.15, 0.2) is 5.65 Å². The number of halogens is 1. The highest BCUT2D eigenvalue weighted by atomic mass is 32.2. The molecule has 2 heterocycles. The second-order valence-electron chi connectivity index (χ2n) is 5.28. The van der Waals surface area contributed by atoms with Gasteiger partial charge in [0.05, 0.1) is 29.1 Å². The van der Waals surface area contributed by atoms with Gasteiger partial charge in [0.2, 0.25) is 0 Å². The summed E-state index contributed by atoms with van der Waals surface area (Å²) >= 11 is 1.27. The lowest BCUT2D eigenvalue weighted by atomic mass is 10.3. The molecule has 0 aliphatic rings. The lowest BCUT2D eigenvalue weighted by Crippen LogP contribution is -2.13. The van der Waals surface area contributed by atoms with Gasteiger partial charge in [-0.1, -0.05) is 11.8 Å². The van der Waals surface area contributed by atoms with E-state index in [1.807, 2.05) is 0 Å². The maximum absolute atomic E-state index is 13.1. The van der Waals surface area contributed by atoms with Gasteiger partial charge in [-0.2, -0.15) is 5.10 Å².